The van der Waals surface area contributed by atoms with Gasteiger partial charge in [0.2, 0.25) is 0 Å². The van der Waals surface area contributed by atoms with Crippen LogP contribution < -0.4 is 15.4 Å². The van der Waals surface area contributed by atoms with E-state index in [0.29, 0.717) is 11.4 Å². The molecule has 0 aliphatic carbocycles. The molecule has 0 spiro atoms. The maximum atomic E-state index is 11.2. The summed E-state index contributed by atoms with van der Waals surface area (Å²) in [6.07, 6.45) is 0. The van der Waals surface area contributed by atoms with Gasteiger partial charge in [0.1, 0.15) is 5.75 Å². The average molecular weight is 208 g/mol. The molecule has 15 heavy (non-hydrogen) atoms. The molecule has 1 aromatic rings. The molecule has 0 aliphatic heterocycles. The van der Waals surface area contributed by atoms with Gasteiger partial charge in [-0.3, -0.25) is 0 Å². The maximum Gasteiger partial charge on any atom is 0.319 e. The normalized spacial score (nSPS) is 9.60. The summed E-state index contributed by atoms with van der Waals surface area (Å²) in [7, 11) is 3.16. The van der Waals surface area contributed by atoms with Gasteiger partial charge in [0.15, 0.2) is 0 Å². The highest BCUT2D eigenvalue weighted by atomic mass is 16.5. The molecule has 0 atom stereocenters. The van der Waals surface area contributed by atoms with Crippen molar-refractivity contribution in [3.8, 4) is 5.75 Å². The minimum atomic E-state index is -0.250. The van der Waals surface area contributed by atoms with E-state index in [9.17, 15) is 4.79 Å². The fourth-order valence-corrected chi connectivity index (χ4v) is 1.43. The molecule has 1 aromatic carbocycles. The number of aryl methyl sites for hydroxylation is 2. The Morgan fingerprint density at radius 2 is 2.00 bits per heavy atom. The zero-order valence-corrected chi connectivity index (χ0v) is 9.47. The van der Waals surface area contributed by atoms with Gasteiger partial charge in [0.25, 0.3) is 0 Å². The van der Waals surface area contributed by atoms with Crippen molar-refractivity contribution in [3.63, 3.8) is 0 Å². The number of urea groups is 1. The number of carbonyl (C=O) groups excluding carboxylic acids is 1. The van der Waals surface area contributed by atoms with Crippen molar-refractivity contribution in [3.05, 3.63) is 23.3 Å². The van der Waals surface area contributed by atoms with Crippen molar-refractivity contribution in [2.24, 2.45) is 0 Å². The number of ether oxygens (including phenoxy) is 1. The Hall–Kier alpha value is -1.71. The molecule has 1 rings (SSSR count). The Labute approximate surface area is 89.6 Å². The van der Waals surface area contributed by atoms with E-state index in [-0.39, 0.29) is 6.03 Å². The highest BCUT2D eigenvalue weighted by Gasteiger charge is 2.09. The van der Waals surface area contributed by atoms with Crippen LogP contribution in [-0.2, 0) is 0 Å². The van der Waals surface area contributed by atoms with Crippen molar-refractivity contribution in [1.29, 1.82) is 0 Å². The number of carbonyl (C=O) groups is 1. The second-order valence-corrected chi connectivity index (χ2v) is 3.36. The molecular weight excluding hydrogens is 192 g/mol. The molecule has 0 heterocycles. The Balaban J connectivity index is 3.09. The van der Waals surface area contributed by atoms with Crippen LogP contribution in [0, 0.1) is 13.8 Å². The molecule has 0 aromatic heterocycles. The number of hydrogen-bond donors (Lipinski definition) is 2. The molecule has 0 bridgehead atoms. The first-order valence-corrected chi connectivity index (χ1v) is 4.72. The Kier molecular flexibility index (Phi) is 3.55. The van der Waals surface area contributed by atoms with Crippen molar-refractivity contribution >= 4 is 11.7 Å². The smallest absolute Gasteiger partial charge is 0.319 e. The van der Waals surface area contributed by atoms with Crippen LogP contribution in [-0.4, -0.2) is 20.2 Å². The van der Waals surface area contributed by atoms with Gasteiger partial charge in [0.05, 0.1) is 12.8 Å². The summed E-state index contributed by atoms with van der Waals surface area (Å²) in [6.45, 7) is 3.92. The van der Waals surface area contributed by atoms with Gasteiger partial charge in [0, 0.05) is 7.05 Å². The largest absolute Gasteiger partial charge is 0.495 e. The van der Waals surface area contributed by atoms with Gasteiger partial charge < -0.3 is 15.4 Å². The number of amides is 2. The molecule has 0 aliphatic rings. The molecule has 0 saturated carbocycles. The van der Waals surface area contributed by atoms with Crippen LogP contribution in [0.2, 0.25) is 0 Å². The predicted molar refractivity (Wildman–Crippen MR) is 60.5 cm³/mol. The summed E-state index contributed by atoms with van der Waals surface area (Å²) in [4.78, 5) is 11.2. The van der Waals surface area contributed by atoms with E-state index in [2.05, 4.69) is 10.6 Å². The predicted octanol–water partition coefficient (Wildman–Crippen LogP) is 2.06. The van der Waals surface area contributed by atoms with E-state index >= 15 is 0 Å². The lowest BCUT2D eigenvalue weighted by Crippen LogP contribution is -2.25. The number of anilines is 1. The fourth-order valence-electron chi connectivity index (χ4n) is 1.43. The SMILES string of the molecule is CNC(=O)Nc1c(C)cc(C)cc1OC. The van der Waals surface area contributed by atoms with Gasteiger partial charge >= 0.3 is 6.03 Å². The molecule has 82 valence electrons. The summed E-state index contributed by atoms with van der Waals surface area (Å²) in [5.74, 6) is 0.677. The fraction of sp³-hybridized carbons (Fsp3) is 0.364. The second kappa shape index (κ2) is 4.68. The van der Waals surface area contributed by atoms with E-state index in [4.69, 9.17) is 4.74 Å². The monoisotopic (exact) mass is 208 g/mol. The number of methoxy groups -OCH3 is 1. The zero-order valence-electron chi connectivity index (χ0n) is 9.47. The van der Waals surface area contributed by atoms with Gasteiger partial charge in [-0.25, -0.2) is 4.79 Å². The lowest BCUT2D eigenvalue weighted by molar-refractivity contribution is 0.254. The first kappa shape index (κ1) is 11.4. The molecule has 0 unspecified atom stereocenters. The summed E-state index contributed by atoms with van der Waals surface area (Å²) < 4.78 is 5.21. The molecular formula is C11H16N2O2. The zero-order chi connectivity index (χ0) is 11.4. The van der Waals surface area contributed by atoms with Crippen LogP contribution in [0.1, 0.15) is 11.1 Å². The molecule has 0 radical (unpaired) electrons. The van der Waals surface area contributed by atoms with E-state index in [1.54, 1.807) is 14.2 Å². The van der Waals surface area contributed by atoms with Crippen LogP contribution in [0.3, 0.4) is 0 Å². The average Bonchev–Trinajstić information content (AvgIpc) is 2.21. The summed E-state index contributed by atoms with van der Waals surface area (Å²) in [5, 5.41) is 5.23. The van der Waals surface area contributed by atoms with Crippen LogP contribution >= 0.6 is 0 Å². The lowest BCUT2D eigenvalue weighted by Gasteiger charge is -2.13. The van der Waals surface area contributed by atoms with Gasteiger partial charge in [-0.2, -0.15) is 0 Å². The maximum absolute atomic E-state index is 11.2. The minimum absolute atomic E-state index is 0.250. The second-order valence-electron chi connectivity index (χ2n) is 3.36. The van der Waals surface area contributed by atoms with Crippen LogP contribution in [0.15, 0.2) is 12.1 Å². The first-order chi connectivity index (χ1) is 7.08. The van der Waals surface area contributed by atoms with Crippen molar-refractivity contribution in [2.75, 3.05) is 19.5 Å². The minimum Gasteiger partial charge on any atom is -0.495 e. The molecule has 4 nitrogen and oxygen atoms in total. The standard InChI is InChI=1S/C11H16N2O2/c1-7-5-8(2)10(9(6-7)15-4)13-11(14)12-3/h5-6H,1-4H3,(H2,12,13,14). The van der Waals surface area contributed by atoms with Crippen LogP contribution in [0.4, 0.5) is 10.5 Å². The van der Waals surface area contributed by atoms with Gasteiger partial charge in [-0.1, -0.05) is 6.07 Å². The topological polar surface area (TPSA) is 50.4 Å². The number of nitrogens with one attached hydrogen (secondary N) is 2. The van der Waals surface area contributed by atoms with E-state index < -0.39 is 0 Å². The van der Waals surface area contributed by atoms with Gasteiger partial charge in [-0.05, 0) is 31.0 Å². The Morgan fingerprint density at radius 1 is 1.33 bits per heavy atom. The number of rotatable bonds is 2. The van der Waals surface area contributed by atoms with Crippen LogP contribution in [0.25, 0.3) is 0 Å². The number of hydrogen-bond acceptors (Lipinski definition) is 2. The molecule has 0 fully saturated rings. The van der Waals surface area contributed by atoms with Crippen LogP contribution in [0.5, 0.6) is 5.75 Å². The van der Waals surface area contributed by atoms with E-state index in [1.807, 2.05) is 26.0 Å². The van der Waals surface area contributed by atoms with Crippen molar-refractivity contribution in [1.82, 2.24) is 5.32 Å². The van der Waals surface area contributed by atoms with E-state index in [1.165, 1.54) is 0 Å². The van der Waals surface area contributed by atoms with Crippen molar-refractivity contribution < 1.29 is 9.53 Å². The highest BCUT2D eigenvalue weighted by molar-refractivity contribution is 5.91. The quantitative estimate of drug-likeness (QED) is 0.781. The van der Waals surface area contributed by atoms with Crippen molar-refractivity contribution in [2.45, 2.75) is 13.8 Å². The molecule has 4 heteroatoms. The third-order valence-corrected chi connectivity index (χ3v) is 2.13. The third-order valence-electron chi connectivity index (χ3n) is 2.13. The molecule has 2 N–H and O–H groups in total. The highest BCUT2D eigenvalue weighted by Crippen LogP contribution is 2.29. The van der Waals surface area contributed by atoms with Gasteiger partial charge in [-0.15, -0.1) is 0 Å². The molecule has 0 saturated heterocycles. The van der Waals surface area contributed by atoms with E-state index in [0.717, 1.165) is 11.1 Å². The third kappa shape index (κ3) is 2.62. The number of benzene rings is 1. The Morgan fingerprint density at radius 3 is 2.53 bits per heavy atom. The summed E-state index contributed by atoms with van der Waals surface area (Å²) >= 11 is 0. The first-order valence-electron chi connectivity index (χ1n) is 4.72. The Bertz CT molecular complexity index is 375. The molecule has 2 amide bonds. The summed E-state index contributed by atoms with van der Waals surface area (Å²) in [5.41, 5.74) is 2.80. The lowest BCUT2D eigenvalue weighted by atomic mass is 10.1. The summed E-state index contributed by atoms with van der Waals surface area (Å²) in [6, 6.07) is 3.63.